The second kappa shape index (κ2) is 9.32. The maximum Gasteiger partial charge on any atom is 0.188 e. The summed E-state index contributed by atoms with van der Waals surface area (Å²) in [5.41, 5.74) is 3.38. The van der Waals surface area contributed by atoms with Crippen molar-refractivity contribution in [2.24, 2.45) is 0 Å². The number of hydrogen-bond acceptors (Lipinski definition) is 5. The van der Waals surface area contributed by atoms with Crippen LogP contribution in [0, 0.1) is 20.8 Å². The zero-order valence-electron chi connectivity index (χ0n) is 13.5. The van der Waals surface area contributed by atoms with Gasteiger partial charge in [0, 0.05) is 36.8 Å². The van der Waals surface area contributed by atoms with Crippen LogP contribution in [0.5, 0.6) is 0 Å². The van der Waals surface area contributed by atoms with Crippen LogP contribution in [0.15, 0.2) is 5.16 Å². The first-order chi connectivity index (χ1) is 9.58. The normalized spacial score (nSPS) is 11.3. The summed E-state index contributed by atoms with van der Waals surface area (Å²) in [6, 6.07) is 0. The largest absolute Gasteiger partial charge is 0.315 e. The topological polar surface area (TPSA) is 41.0 Å². The second-order valence-corrected chi connectivity index (χ2v) is 5.99. The Morgan fingerprint density at radius 3 is 2.15 bits per heavy atom. The van der Waals surface area contributed by atoms with Crippen molar-refractivity contribution < 1.29 is 0 Å². The third kappa shape index (κ3) is 5.77. The van der Waals surface area contributed by atoms with E-state index in [4.69, 9.17) is 0 Å². The molecule has 0 amide bonds. The third-order valence-electron chi connectivity index (χ3n) is 3.62. The molecule has 1 aromatic heterocycles. The van der Waals surface area contributed by atoms with Crippen LogP contribution in [0.4, 0.5) is 0 Å². The van der Waals surface area contributed by atoms with Crippen molar-refractivity contribution in [3.05, 3.63) is 17.0 Å². The lowest BCUT2D eigenvalue weighted by Crippen LogP contribution is -2.32. The lowest BCUT2D eigenvalue weighted by atomic mass is 10.2. The van der Waals surface area contributed by atoms with Crippen molar-refractivity contribution in [3.8, 4) is 0 Å². The van der Waals surface area contributed by atoms with Gasteiger partial charge in [-0.1, -0.05) is 25.6 Å². The molecule has 0 radical (unpaired) electrons. The molecule has 0 atom stereocenters. The van der Waals surface area contributed by atoms with Crippen molar-refractivity contribution in [2.45, 2.75) is 39.8 Å². The summed E-state index contributed by atoms with van der Waals surface area (Å²) in [7, 11) is 0. The van der Waals surface area contributed by atoms with Gasteiger partial charge < -0.3 is 10.2 Å². The second-order valence-electron chi connectivity index (χ2n) is 4.93. The molecule has 0 bridgehead atoms. The minimum atomic E-state index is 0.899. The fourth-order valence-corrected chi connectivity index (χ4v) is 2.75. The number of aromatic nitrogens is 2. The van der Waals surface area contributed by atoms with Crippen LogP contribution in [-0.4, -0.2) is 53.3 Å². The van der Waals surface area contributed by atoms with Gasteiger partial charge >= 0.3 is 0 Å². The van der Waals surface area contributed by atoms with Gasteiger partial charge in [-0.15, -0.1) is 0 Å². The summed E-state index contributed by atoms with van der Waals surface area (Å²) in [4.78, 5) is 11.5. The number of hydrogen-bond donors (Lipinski definition) is 1. The summed E-state index contributed by atoms with van der Waals surface area (Å²) in [5, 5.41) is 4.38. The number of thioether (sulfide) groups is 1. The first-order valence-corrected chi connectivity index (χ1v) is 8.44. The van der Waals surface area contributed by atoms with E-state index in [0.29, 0.717) is 0 Å². The third-order valence-corrected chi connectivity index (χ3v) is 4.47. The van der Waals surface area contributed by atoms with Crippen LogP contribution < -0.4 is 5.32 Å². The van der Waals surface area contributed by atoms with E-state index < -0.39 is 0 Å². The van der Waals surface area contributed by atoms with Gasteiger partial charge in [0.2, 0.25) is 0 Å². The van der Waals surface area contributed by atoms with Crippen LogP contribution >= 0.6 is 11.8 Å². The molecule has 0 unspecified atom stereocenters. The Morgan fingerprint density at radius 1 is 1.00 bits per heavy atom. The smallest absolute Gasteiger partial charge is 0.188 e. The summed E-state index contributed by atoms with van der Waals surface area (Å²) in [6.45, 7) is 16.0. The highest BCUT2D eigenvalue weighted by Gasteiger charge is 2.04. The number of rotatable bonds is 9. The predicted octanol–water partition coefficient (Wildman–Crippen LogP) is 2.43. The minimum Gasteiger partial charge on any atom is -0.315 e. The lowest BCUT2D eigenvalue weighted by Gasteiger charge is -2.17. The van der Waals surface area contributed by atoms with Crippen LogP contribution in [0.1, 0.15) is 30.8 Å². The standard InChI is InChI=1S/C15H28N4S/c1-6-19(7-2)10-8-16-9-11-20-15-17-13(4)12(3)14(5)18-15/h16H,6-11H2,1-5H3. The Bertz CT molecular complexity index is 382. The molecular formula is C15H28N4S. The zero-order chi connectivity index (χ0) is 15.0. The van der Waals surface area contributed by atoms with Crippen molar-refractivity contribution in [1.29, 1.82) is 0 Å². The number of likely N-dealkylation sites (N-methyl/N-ethyl adjacent to an activating group) is 1. The van der Waals surface area contributed by atoms with E-state index in [1.165, 1.54) is 5.56 Å². The molecule has 0 aliphatic rings. The van der Waals surface area contributed by atoms with Gasteiger partial charge in [-0.3, -0.25) is 0 Å². The van der Waals surface area contributed by atoms with Gasteiger partial charge in [0.05, 0.1) is 0 Å². The number of nitrogens with one attached hydrogen (secondary N) is 1. The number of aryl methyl sites for hydroxylation is 2. The molecule has 20 heavy (non-hydrogen) atoms. The Hall–Kier alpha value is -0.650. The molecule has 5 heteroatoms. The first kappa shape index (κ1) is 17.4. The number of nitrogens with zero attached hydrogens (tertiary/aromatic N) is 3. The van der Waals surface area contributed by atoms with E-state index in [9.17, 15) is 0 Å². The molecular weight excluding hydrogens is 268 g/mol. The molecule has 1 N–H and O–H groups in total. The monoisotopic (exact) mass is 296 g/mol. The minimum absolute atomic E-state index is 0.899. The lowest BCUT2D eigenvalue weighted by molar-refractivity contribution is 0.303. The van der Waals surface area contributed by atoms with Crippen molar-refractivity contribution >= 4 is 11.8 Å². The zero-order valence-corrected chi connectivity index (χ0v) is 14.3. The maximum atomic E-state index is 4.52. The van der Waals surface area contributed by atoms with Crippen LogP contribution in [0.2, 0.25) is 0 Å². The van der Waals surface area contributed by atoms with E-state index in [1.54, 1.807) is 11.8 Å². The average molecular weight is 296 g/mol. The summed E-state index contributed by atoms with van der Waals surface area (Å²) < 4.78 is 0. The Kier molecular flexibility index (Phi) is 8.11. The molecule has 0 fully saturated rings. The van der Waals surface area contributed by atoms with Gasteiger partial charge in [-0.2, -0.15) is 0 Å². The van der Waals surface area contributed by atoms with Crippen LogP contribution in [0.3, 0.4) is 0 Å². The average Bonchev–Trinajstić information content (AvgIpc) is 2.44. The van der Waals surface area contributed by atoms with Gasteiger partial charge in [0.25, 0.3) is 0 Å². The summed E-state index contributed by atoms with van der Waals surface area (Å²) in [6.07, 6.45) is 0. The Labute approximate surface area is 127 Å². The van der Waals surface area contributed by atoms with Crippen molar-refractivity contribution in [3.63, 3.8) is 0 Å². The molecule has 1 heterocycles. The molecule has 0 aliphatic carbocycles. The quantitative estimate of drug-likeness (QED) is 0.430. The molecule has 0 saturated carbocycles. The van der Waals surface area contributed by atoms with Crippen molar-refractivity contribution in [2.75, 3.05) is 38.5 Å². The fraction of sp³-hybridized carbons (Fsp3) is 0.733. The molecule has 114 valence electrons. The highest BCUT2D eigenvalue weighted by molar-refractivity contribution is 7.99. The molecule has 0 saturated heterocycles. The molecule has 4 nitrogen and oxygen atoms in total. The molecule has 1 aromatic rings. The van der Waals surface area contributed by atoms with Crippen molar-refractivity contribution in [1.82, 2.24) is 20.2 Å². The molecule has 0 aliphatic heterocycles. The summed E-state index contributed by atoms with van der Waals surface area (Å²) in [5.74, 6) is 1.01. The van der Waals surface area contributed by atoms with Gasteiger partial charge in [0.15, 0.2) is 5.16 Å². The summed E-state index contributed by atoms with van der Waals surface area (Å²) >= 11 is 1.73. The van der Waals surface area contributed by atoms with Gasteiger partial charge in [-0.05, 0) is 39.4 Å². The predicted molar refractivity (Wildman–Crippen MR) is 87.6 cm³/mol. The van der Waals surface area contributed by atoms with Crippen LogP contribution in [-0.2, 0) is 0 Å². The first-order valence-electron chi connectivity index (χ1n) is 7.46. The van der Waals surface area contributed by atoms with E-state index >= 15 is 0 Å². The van der Waals surface area contributed by atoms with Crippen LogP contribution in [0.25, 0.3) is 0 Å². The molecule has 0 aromatic carbocycles. The highest BCUT2D eigenvalue weighted by Crippen LogP contribution is 2.16. The van der Waals surface area contributed by atoms with E-state index in [2.05, 4.69) is 54.8 Å². The maximum absolute atomic E-state index is 4.52. The van der Waals surface area contributed by atoms with E-state index in [-0.39, 0.29) is 0 Å². The molecule has 1 rings (SSSR count). The Morgan fingerprint density at radius 2 is 1.60 bits per heavy atom. The highest BCUT2D eigenvalue weighted by atomic mass is 32.2. The van der Waals surface area contributed by atoms with E-state index in [1.807, 2.05) is 0 Å². The SMILES string of the molecule is CCN(CC)CCNCCSc1nc(C)c(C)c(C)n1. The van der Waals surface area contributed by atoms with E-state index in [0.717, 1.165) is 55.0 Å². The van der Waals surface area contributed by atoms with Gasteiger partial charge in [-0.25, -0.2) is 9.97 Å². The Balaban J connectivity index is 2.22. The van der Waals surface area contributed by atoms with Gasteiger partial charge in [0.1, 0.15) is 0 Å². The molecule has 0 spiro atoms. The fourth-order valence-electron chi connectivity index (χ4n) is 1.92.